The second-order valence-corrected chi connectivity index (χ2v) is 5.39. The Hall–Kier alpha value is -1.78. The highest BCUT2D eigenvalue weighted by Gasteiger charge is 2.07. The molecule has 1 aromatic heterocycles. The number of aliphatic imine (C=N–C) groups is 1. The molecule has 0 aromatic carbocycles. The Bertz CT molecular complexity index is 448. The van der Waals surface area contributed by atoms with Crippen LogP contribution in [-0.2, 0) is 6.54 Å². The summed E-state index contributed by atoms with van der Waals surface area (Å²) in [6, 6.07) is 5.76. The molecule has 1 aromatic rings. The van der Waals surface area contributed by atoms with Crippen LogP contribution in [0.4, 0.5) is 0 Å². The molecule has 0 bridgehead atoms. The first-order valence-electron chi connectivity index (χ1n) is 8.17. The fourth-order valence-electron chi connectivity index (χ4n) is 2.25. The third kappa shape index (κ3) is 6.78. The van der Waals surface area contributed by atoms with Crippen molar-refractivity contribution in [1.82, 2.24) is 15.6 Å². The minimum Gasteiger partial charge on any atom is -0.481 e. The van der Waals surface area contributed by atoms with E-state index in [1.54, 1.807) is 14.2 Å². The molecule has 0 aliphatic carbocycles. The molecule has 0 saturated heterocycles. The predicted octanol–water partition coefficient (Wildman–Crippen LogP) is 2.97. The summed E-state index contributed by atoms with van der Waals surface area (Å²) in [5.41, 5.74) is 0.931. The Balaban J connectivity index is 2.41. The van der Waals surface area contributed by atoms with Gasteiger partial charge in [-0.15, -0.1) is 0 Å². The smallest absolute Gasteiger partial charge is 0.213 e. The van der Waals surface area contributed by atoms with E-state index in [-0.39, 0.29) is 0 Å². The number of ether oxygens (including phenoxy) is 1. The van der Waals surface area contributed by atoms with Crippen LogP contribution in [0, 0.1) is 5.92 Å². The zero-order valence-electron chi connectivity index (χ0n) is 14.4. The van der Waals surface area contributed by atoms with Crippen molar-refractivity contribution < 1.29 is 4.74 Å². The van der Waals surface area contributed by atoms with Gasteiger partial charge in [-0.1, -0.05) is 39.2 Å². The molecule has 5 heteroatoms. The van der Waals surface area contributed by atoms with E-state index in [2.05, 4.69) is 34.5 Å². The number of guanidine groups is 1. The molecule has 1 atom stereocenters. The normalized spacial score (nSPS) is 12.8. The summed E-state index contributed by atoms with van der Waals surface area (Å²) in [6.45, 7) is 6.07. The van der Waals surface area contributed by atoms with Gasteiger partial charge in [-0.2, -0.15) is 0 Å². The first kappa shape index (κ1) is 18.3. The first-order chi connectivity index (χ1) is 10.7. The number of methoxy groups -OCH3 is 1. The third-order valence-corrected chi connectivity index (χ3v) is 3.75. The van der Waals surface area contributed by atoms with Crippen LogP contribution in [-0.4, -0.2) is 31.6 Å². The zero-order valence-corrected chi connectivity index (χ0v) is 14.4. The average Bonchev–Trinajstić information content (AvgIpc) is 2.57. The van der Waals surface area contributed by atoms with Crippen LogP contribution >= 0.6 is 0 Å². The first-order valence-corrected chi connectivity index (χ1v) is 8.17. The third-order valence-electron chi connectivity index (χ3n) is 3.75. The summed E-state index contributed by atoms with van der Waals surface area (Å²) in [7, 11) is 3.42. The Morgan fingerprint density at radius 1 is 1.32 bits per heavy atom. The second kappa shape index (κ2) is 10.9. The Morgan fingerprint density at radius 2 is 2.14 bits per heavy atom. The molecule has 0 amide bonds. The lowest BCUT2D eigenvalue weighted by Gasteiger charge is -2.18. The monoisotopic (exact) mass is 306 g/mol. The molecule has 0 fully saturated rings. The van der Waals surface area contributed by atoms with Crippen molar-refractivity contribution in [3.8, 4) is 5.88 Å². The maximum Gasteiger partial charge on any atom is 0.213 e. The van der Waals surface area contributed by atoms with E-state index < -0.39 is 0 Å². The largest absolute Gasteiger partial charge is 0.481 e. The highest BCUT2D eigenvalue weighted by atomic mass is 16.5. The van der Waals surface area contributed by atoms with Crippen LogP contribution in [0.1, 0.15) is 45.2 Å². The molecule has 0 spiro atoms. The molecule has 5 nitrogen and oxygen atoms in total. The van der Waals surface area contributed by atoms with Crippen LogP contribution in [0.2, 0.25) is 0 Å². The lowest BCUT2D eigenvalue weighted by Crippen LogP contribution is -2.39. The molecule has 0 aliphatic rings. The number of rotatable bonds is 9. The summed E-state index contributed by atoms with van der Waals surface area (Å²) in [4.78, 5) is 8.65. The molecule has 0 radical (unpaired) electrons. The fourth-order valence-corrected chi connectivity index (χ4v) is 2.25. The summed E-state index contributed by atoms with van der Waals surface area (Å²) in [6.07, 6.45) is 5.01. The SMILES string of the molecule is CCCCC(CC)CNC(=NC)NCc1cccc(OC)n1. The van der Waals surface area contributed by atoms with Gasteiger partial charge in [0.05, 0.1) is 19.3 Å². The van der Waals surface area contributed by atoms with Crippen molar-refractivity contribution in [2.24, 2.45) is 10.9 Å². The van der Waals surface area contributed by atoms with Gasteiger partial charge in [-0.25, -0.2) is 4.98 Å². The predicted molar refractivity (Wildman–Crippen MR) is 92.3 cm³/mol. The Kier molecular flexibility index (Phi) is 9.03. The number of nitrogens with zero attached hydrogens (tertiary/aromatic N) is 2. The molecule has 1 unspecified atom stereocenters. The van der Waals surface area contributed by atoms with Gasteiger partial charge in [-0.3, -0.25) is 4.99 Å². The topological polar surface area (TPSA) is 58.5 Å². The van der Waals surface area contributed by atoms with E-state index in [0.29, 0.717) is 18.3 Å². The number of nitrogens with one attached hydrogen (secondary N) is 2. The Labute approximate surface area is 134 Å². The van der Waals surface area contributed by atoms with Crippen molar-refractivity contribution in [1.29, 1.82) is 0 Å². The van der Waals surface area contributed by atoms with Gasteiger partial charge in [0, 0.05) is 19.7 Å². The van der Waals surface area contributed by atoms with Gasteiger partial charge >= 0.3 is 0 Å². The number of unbranched alkanes of at least 4 members (excludes halogenated alkanes) is 1. The van der Waals surface area contributed by atoms with E-state index in [1.165, 1.54) is 25.7 Å². The number of hydrogen-bond donors (Lipinski definition) is 2. The van der Waals surface area contributed by atoms with Crippen LogP contribution in [0.25, 0.3) is 0 Å². The highest BCUT2D eigenvalue weighted by molar-refractivity contribution is 5.79. The minimum absolute atomic E-state index is 0.628. The molecule has 1 heterocycles. The molecule has 2 N–H and O–H groups in total. The number of aromatic nitrogens is 1. The van der Waals surface area contributed by atoms with Gasteiger partial charge in [0.25, 0.3) is 0 Å². The van der Waals surface area contributed by atoms with Gasteiger partial charge in [0.15, 0.2) is 5.96 Å². The van der Waals surface area contributed by atoms with Crippen molar-refractivity contribution in [3.63, 3.8) is 0 Å². The Morgan fingerprint density at radius 3 is 2.77 bits per heavy atom. The quantitative estimate of drug-likeness (QED) is 0.544. The zero-order chi connectivity index (χ0) is 16.2. The van der Waals surface area contributed by atoms with E-state index in [9.17, 15) is 0 Å². The summed E-state index contributed by atoms with van der Waals surface area (Å²) < 4.78 is 5.13. The summed E-state index contributed by atoms with van der Waals surface area (Å²) in [5, 5.41) is 6.70. The minimum atomic E-state index is 0.628. The maximum absolute atomic E-state index is 5.13. The molecule has 22 heavy (non-hydrogen) atoms. The molecule has 0 saturated carbocycles. The van der Waals surface area contributed by atoms with E-state index in [1.807, 2.05) is 18.2 Å². The van der Waals surface area contributed by atoms with Crippen LogP contribution in [0.5, 0.6) is 5.88 Å². The summed E-state index contributed by atoms with van der Waals surface area (Å²) in [5.74, 6) is 2.15. The van der Waals surface area contributed by atoms with E-state index >= 15 is 0 Å². The molecular weight excluding hydrogens is 276 g/mol. The maximum atomic E-state index is 5.13. The van der Waals surface area contributed by atoms with Gasteiger partial charge < -0.3 is 15.4 Å². The van der Waals surface area contributed by atoms with Gasteiger partial charge in [-0.05, 0) is 18.4 Å². The van der Waals surface area contributed by atoms with E-state index in [0.717, 1.165) is 18.2 Å². The van der Waals surface area contributed by atoms with Gasteiger partial charge in [0.2, 0.25) is 5.88 Å². The lowest BCUT2D eigenvalue weighted by molar-refractivity contribution is 0.396. The van der Waals surface area contributed by atoms with Crippen LogP contribution < -0.4 is 15.4 Å². The number of pyridine rings is 1. The van der Waals surface area contributed by atoms with Crippen molar-refractivity contribution in [2.75, 3.05) is 20.7 Å². The fraction of sp³-hybridized carbons (Fsp3) is 0.647. The van der Waals surface area contributed by atoms with E-state index in [4.69, 9.17) is 4.74 Å². The number of hydrogen-bond acceptors (Lipinski definition) is 3. The van der Waals surface area contributed by atoms with Crippen LogP contribution in [0.15, 0.2) is 23.2 Å². The van der Waals surface area contributed by atoms with Crippen molar-refractivity contribution in [3.05, 3.63) is 23.9 Å². The molecular formula is C17H30N4O. The second-order valence-electron chi connectivity index (χ2n) is 5.39. The average molecular weight is 306 g/mol. The van der Waals surface area contributed by atoms with Crippen LogP contribution in [0.3, 0.4) is 0 Å². The van der Waals surface area contributed by atoms with Gasteiger partial charge in [0.1, 0.15) is 0 Å². The van der Waals surface area contributed by atoms with Crippen molar-refractivity contribution in [2.45, 2.75) is 46.1 Å². The lowest BCUT2D eigenvalue weighted by atomic mass is 9.99. The molecule has 124 valence electrons. The highest BCUT2D eigenvalue weighted by Crippen LogP contribution is 2.11. The standard InChI is InChI=1S/C17H30N4O/c1-5-7-9-14(6-2)12-19-17(18-3)20-13-15-10-8-11-16(21-15)22-4/h8,10-11,14H,5-7,9,12-13H2,1-4H3,(H2,18,19,20). The molecule has 1 rings (SSSR count). The van der Waals surface area contributed by atoms with Crippen molar-refractivity contribution >= 4 is 5.96 Å². The summed E-state index contributed by atoms with van der Waals surface area (Å²) >= 11 is 0. The molecule has 0 aliphatic heterocycles.